The molecule has 0 saturated carbocycles. The normalized spacial score (nSPS) is 10.4. The number of aromatic nitrogens is 2. The van der Waals surface area contributed by atoms with Crippen molar-refractivity contribution in [3.8, 4) is 0 Å². The molecular weight excluding hydrogens is 266 g/mol. The monoisotopic (exact) mass is 279 g/mol. The van der Waals surface area contributed by atoms with Crippen molar-refractivity contribution in [1.82, 2.24) is 9.55 Å². The summed E-state index contributed by atoms with van der Waals surface area (Å²) in [5, 5.41) is 14.0. The van der Waals surface area contributed by atoms with Crippen molar-refractivity contribution in [2.24, 2.45) is 0 Å². The Kier molecular flexibility index (Phi) is 3.96. The molecule has 1 amide bonds. The summed E-state index contributed by atoms with van der Waals surface area (Å²) >= 11 is 1.34. The van der Waals surface area contributed by atoms with E-state index in [9.17, 15) is 9.59 Å². The Morgan fingerprint density at radius 3 is 2.89 bits per heavy atom. The zero-order valence-corrected chi connectivity index (χ0v) is 11.1. The van der Waals surface area contributed by atoms with Gasteiger partial charge in [0.15, 0.2) is 5.13 Å². The van der Waals surface area contributed by atoms with Crippen molar-refractivity contribution in [1.29, 1.82) is 0 Å². The molecule has 0 radical (unpaired) electrons. The number of hydrogen-bond acceptors (Lipinski definition) is 4. The molecule has 0 unspecified atom stereocenters. The molecule has 2 N–H and O–H groups in total. The van der Waals surface area contributed by atoms with Crippen LogP contribution in [0.25, 0.3) is 0 Å². The first-order chi connectivity index (χ1) is 9.11. The molecule has 2 heterocycles. The number of anilines is 1. The molecule has 0 aliphatic carbocycles. The molecule has 0 spiro atoms. The minimum absolute atomic E-state index is 0.0794. The van der Waals surface area contributed by atoms with Crippen LogP contribution in [0.15, 0.2) is 23.8 Å². The number of carbonyl (C=O) groups excluding carboxylic acids is 1. The standard InChI is InChI=1S/C12H13N3O3S/c1-2-9-8(11(17)18)3-5-15(9)7-10(16)14-12-13-4-6-19-12/h3-6H,2,7H2,1H3,(H,17,18)(H,13,14,16). The molecule has 2 rings (SSSR count). The fourth-order valence-electron chi connectivity index (χ4n) is 1.84. The Bertz CT molecular complexity index is 589. The van der Waals surface area contributed by atoms with Crippen molar-refractivity contribution in [2.75, 3.05) is 5.32 Å². The maximum Gasteiger partial charge on any atom is 0.337 e. The van der Waals surface area contributed by atoms with Crippen LogP contribution >= 0.6 is 11.3 Å². The lowest BCUT2D eigenvalue weighted by molar-refractivity contribution is -0.116. The number of aromatic carboxylic acids is 1. The van der Waals surface area contributed by atoms with Crippen LogP contribution in [-0.4, -0.2) is 26.5 Å². The van der Waals surface area contributed by atoms with Gasteiger partial charge in [-0.05, 0) is 12.5 Å². The highest BCUT2D eigenvalue weighted by Crippen LogP contribution is 2.14. The summed E-state index contributed by atoms with van der Waals surface area (Å²) in [6.45, 7) is 1.94. The first-order valence-corrected chi connectivity index (χ1v) is 6.60. The first-order valence-electron chi connectivity index (χ1n) is 5.72. The van der Waals surface area contributed by atoms with Crippen LogP contribution in [0.4, 0.5) is 5.13 Å². The third-order valence-electron chi connectivity index (χ3n) is 2.64. The largest absolute Gasteiger partial charge is 0.478 e. The van der Waals surface area contributed by atoms with Gasteiger partial charge in [-0.1, -0.05) is 6.92 Å². The first kappa shape index (κ1) is 13.3. The quantitative estimate of drug-likeness (QED) is 0.874. The van der Waals surface area contributed by atoms with Gasteiger partial charge in [-0.15, -0.1) is 11.3 Å². The van der Waals surface area contributed by atoms with E-state index < -0.39 is 5.97 Å². The molecule has 7 heteroatoms. The van der Waals surface area contributed by atoms with Gasteiger partial charge in [0, 0.05) is 23.5 Å². The van der Waals surface area contributed by atoms with Crippen LogP contribution in [0.2, 0.25) is 0 Å². The Morgan fingerprint density at radius 2 is 2.32 bits per heavy atom. The third kappa shape index (κ3) is 3.00. The predicted octanol–water partition coefficient (Wildman–Crippen LogP) is 1.84. The van der Waals surface area contributed by atoms with E-state index in [1.165, 1.54) is 17.4 Å². The number of carboxylic acids is 1. The van der Waals surface area contributed by atoms with Crippen molar-refractivity contribution in [3.05, 3.63) is 35.1 Å². The molecular formula is C12H13N3O3S. The minimum atomic E-state index is -0.976. The summed E-state index contributed by atoms with van der Waals surface area (Å²) in [6.07, 6.45) is 3.78. The van der Waals surface area contributed by atoms with Crippen molar-refractivity contribution >= 4 is 28.3 Å². The Labute approximate surface area is 113 Å². The summed E-state index contributed by atoms with van der Waals surface area (Å²) in [6, 6.07) is 1.51. The van der Waals surface area contributed by atoms with E-state index in [-0.39, 0.29) is 18.0 Å². The van der Waals surface area contributed by atoms with Crippen LogP contribution in [0.5, 0.6) is 0 Å². The Morgan fingerprint density at radius 1 is 1.53 bits per heavy atom. The topological polar surface area (TPSA) is 84.2 Å². The Hall–Kier alpha value is -2.15. The van der Waals surface area contributed by atoms with Crippen LogP contribution in [-0.2, 0) is 17.8 Å². The molecule has 100 valence electrons. The second kappa shape index (κ2) is 5.66. The van der Waals surface area contributed by atoms with Crippen LogP contribution in [0, 0.1) is 0 Å². The number of thiazole rings is 1. The van der Waals surface area contributed by atoms with Crippen molar-refractivity contribution in [3.63, 3.8) is 0 Å². The number of amides is 1. The number of hydrogen-bond donors (Lipinski definition) is 2. The summed E-state index contributed by atoms with van der Waals surface area (Å²) in [5.41, 5.74) is 0.881. The molecule has 19 heavy (non-hydrogen) atoms. The van der Waals surface area contributed by atoms with Crippen molar-refractivity contribution in [2.45, 2.75) is 19.9 Å². The van der Waals surface area contributed by atoms with Gasteiger partial charge >= 0.3 is 5.97 Å². The van der Waals surface area contributed by atoms with Gasteiger partial charge in [0.05, 0.1) is 5.56 Å². The van der Waals surface area contributed by atoms with E-state index in [0.717, 1.165) is 0 Å². The molecule has 0 aromatic carbocycles. The molecule has 6 nitrogen and oxygen atoms in total. The zero-order chi connectivity index (χ0) is 13.8. The summed E-state index contributed by atoms with van der Waals surface area (Å²) in [4.78, 5) is 26.8. The van der Waals surface area contributed by atoms with Gasteiger partial charge in [-0.3, -0.25) is 4.79 Å². The average molecular weight is 279 g/mol. The van der Waals surface area contributed by atoms with E-state index >= 15 is 0 Å². The molecule has 0 atom stereocenters. The smallest absolute Gasteiger partial charge is 0.337 e. The van der Waals surface area contributed by atoms with Gasteiger partial charge < -0.3 is 15.0 Å². The molecule has 0 saturated heterocycles. The zero-order valence-electron chi connectivity index (χ0n) is 10.3. The maximum atomic E-state index is 11.8. The number of nitrogens with zero attached hydrogens (tertiary/aromatic N) is 2. The van der Waals surface area contributed by atoms with Gasteiger partial charge in [-0.25, -0.2) is 9.78 Å². The number of nitrogens with one attached hydrogen (secondary N) is 1. The van der Waals surface area contributed by atoms with Gasteiger partial charge in [0.25, 0.3) is 0 Å². The van der Waals surface area contributed by atoms with E-state index in [1.54, 1.807) is 22.3 Å². The summed E-state index contributed by atoms with van der Waals surface area (Å²) in [7, 11) is 0. The Balaban J connectivity index is 2.10. The fraction of sp³-hybridized carbons (Fsp3) is 0.250. The van der Waals surface area contributed by atoms with Gasteiger partial charge in [0.1, 0.15) is 6.54 Å². The minimum Gasteiger partial charge on any atom is -0.478 e. The van der Waals surface area contributed by atoms with E-state index in [1.807, 2.05) is 6.92 Å². The summed E-state index contributed by atoms with van der Waals surface area (Å²) < 4.78 is 1.65. The molecule has 0 aliphatic heterocycles. The van der Waals surface area contributed by atoms with Crippen LogP contribution in [0.3, 0.4) is 0 Å². The number of rotatable bonds is 5. The maximum absolute atomic E-state index is 11.8. The number of carbonyl (C=O) groups is 2. The SMILES string of the molecule is CCc1c(C(=O)O)ccn1CC(=O)Nc1nccs1. The number of carboxylic acid groups (broad SMARTS) is 1. The van der Waals surface area contributed by atoms with Crippen LogP contribution in [0.1, 0.15) is 23.0 Å². The highest BCUT2D eigenvalue weighted by atomic mass is 32.1. The third-order valence-corrected chi connectivity index (χ3v) is 3.33. The highest BCUT2D eigenvalue weighted by molar-refractivity contribution is 7.13. The highest BCUT2D eigenvalue weighted by Gasteiger charge is 2.15. The second-order valence-electron chi connectivity index (χ2n) is 3.85. The van der Waals surface area contributed by atoms with E-state index in [2.05, 4.69) is 10.3 Å². The molecule has 0 aliphatic rings. The molecule has 2 aromatic rings. The lowest BCUT2D eigenvalue weighted by atomic mass is 10.2. The summed E-state index contributed by atoms with van der Waals surface area (Å²) in [5.74, 6) is -1.20. The lowest BCUT2D eigenvalue weighted by Gasteiger charge is -2.08. The fourth-order valence-corrected chi connectivity index (χ4v) is 2.39. The van der Waals surface area contributed by atoms with Crippen molar-refractivity contribution < 1.29 is 14.7 Å². The average Bonchev–Trinajstić information content (AvgIpc) is 2.97. The van der Waals surface area contributed by atoms with E-state index in [4.69, 9.17) is 5.11 Å². The van der Waals surface area contributed by atoms with Gasteiger partial charge in [-0.2, -0.15) is 0 Å². The molecule has 0 bridgehead atoms. The molecule has 0 fully saturated rings. The van der Waals surface area contributed by atoms with Crippen LogP contribution < -0.4 is 5.32 Å². The van der Waals surface area contributed by atoms with Gasteiger partial charge in [0.2, 0.25) is 5.91 Å². The predicted molar refractivity (Wildman–Crippen MR) is 71.5 cm³/mol. The van der Waals surface area contributed by atoms with E-state index in [0.29, 0.717) is 17.2 Å². The molecule has 2 aromatic heterocycles. The lowest BCUT2D eigenvalue weighted by Crippen LogP contribution is -2.19. The second-order valence-corrected chi connectivity index (χ2v) is 4.74.